The van der Waals surface area contributed by atoms with E-state index in [0.717, 1.165) is 0 Å². The SMILES string of the molecule is C=C(C)[C@H](C(=O)O)[C@@H](O)[C@H]1O[C@@H]2OC(C)(C)O[C@@H]2[C@H]2OC(C)(C)O[C@H]21. The number of carboxylic acids is 1. The molecule has 7 atom stereocenters. The van der Waals surface area contributed by atoms with E-state index in [9.17, 15) is 15.0 Å². The minimum absolute atomic E-state index is 0.323. The van der Waals surface area contributed by atoms with Crippen molar-refractivity contribution in [2.75, 3.05) is 0 Å². The second kappa shape index (κ2) is 6.00. The van der Waals surface area contributed by atoms with Crippen LogP contribution in [0.4, 0.5) is 0 Å². The molecule has 0 radical (unpaired) electrons. The molecule has 3 aliphatic rings. The van der Waals surface area contributed by atoms with Crippen molar-refractivity contribution < 1.29 is 38.7 Å². The van der Waals surface area contributed by atoms with Gasteiger partial charge in [-0.25, -0.2) is 0 Å². The number of carbonyl (C=O) groups is 1. The second-order valence-corrected chi connectivity index (χ2v) is 7.79. The van der Waals surface area contributed by atoms with Crippen molar-refractivity contribution in [1.29, 1.82) is 0 Å². The average molecular weight is 358 g/mol. The lowest BCUT2D eigenvalue weighted by Gasteiger charge is -2.40. The van der Waals surface area contributed by atoms with Gasteiger partial charge in [-0.1, -0.05) is 12.2 Å². The molecular weight excluding hydrogens is 332 g/mol. The molecule has 0 bridgehead atoms. The topological polar surface area (TPSA) is 104 Å². The maximum Gasteiger partial charge on any atom is 0.313 e. The van der Waals surface area contributed by atoms with Crippen molar-refractivity contribution in [3.8, 4) is 0 Å². The lowest BCUT2D eigenvalue weighted by molar-refractivity contribution is -0.256. The third kappa shape index (κ3) is 3.34. The summed E-state index contributed by atoms with van der Waals surface area (Å²) in [7, 11) is 0. The Kier molecular flexibility index (Phi) is 4.50. The summed E-state index contributed by atoms with van der Waals surface area (Å²) < 4.78 is 29.4. The van der Waals surface area contributed by atoms with Crippen molar-refractivity contribution in [1.82, 2.24) is 0 Å². The average Bonchev–Trinajstić information content (AvgIpc) is 2.90. The predicted molar refractivity (Wildman–Crippen MR) is 84.5 cm³/mol. The fourth-order valence-corrected chi connectivity index (χ4v) is 3.76. The van der Waals surface area contributed by atoms with Crippen LogP contribution in [-0.4, -0.2) is 64.6 Å². The Morgan fingerprint density at radius 1 is 1.00 bits per heavy atom. The molecule has 0 aliphatic carbocycles. The van der Waals surface area contributed by atoms with E-state index in [1.165, 1.54) is 0 Å². The van der Waals surface area contributed by atoms with Crippen LogP contribution >= 0.6 is 0 Å². The number of hydrogen-bond acceptors (Lipinski definition) is 7. The van der Waals surface area contributed by atoms with E-state index in [1.807, 2.05) is 0 Å². The molecule has 3 fully saturated rings. The van der Waals surface area contributed by atoms with Crippen molar-refractivity contribution in [2.24, 2.45) is 5.92 Å². The van der Waals surface area contributed by atoms with Crippen LogP contribution in [0.1, 0.15) is 34.6 Å². The third-order valence-corrected chi connectivity index (χ3v) is 4.67. The molecule has 3 heterocycles. The highest BCUT2D eigenvalue weighted by Crippen LogP contribution is 2.45. The highest BCUT2D eigenvalue weighted by atomic mass is 16.9. The van der Waals surface area contributed by atoms with Crippen LogP contribution in [-0.2, 0) is 28.5 Å². The summed E-state index contributed by atoms with van der Waals surface area (Å²) in [6.45, 7) is 12.2. The Labute approximate surface area is 146 Å². The number of carboxylic acid groups (broad SMARTS) is 1. The van der Waals surface area contributed by atoms with Gasteiger partial charge in [0.2, 0.25) is 0 Å². The van der Waals surface area contributed by atoms with Gasteiger partial charge in [-0.2, -0.15) is 0 Å². The van der Waals surface area contributed by atoms with Gasteiger partial charge >= 0.3 is 5.97 Å². The molecule has 2 N–H and O–H groups in total. The van der Waals surface area contributed by atoms with E-state index in [0.29, 0.717) is 5.57 Å². The Bertz CT molecular complexity index is 557. The van der Waals surface area contributed by atoms with Crippen LogP contribution in [0.2, 0.25) is 0 Å². The molecule has 8 nitrogen and oxygen atoms in total. The lowest BCUT2D eigenvalue weighted by atomic mass is 9.86. The van der Waals surface area contributed by atoms with Crippen LogP contribution in [0.3, 0.4) is 0 Å². The van der Waals surface area contributed by atoms with Crippen molar-refractivity contribution in [3.05, 3.63) is 12.2 Å². The molecule has 3 aliphatic heterocycles. The highest BCUT2D eigenvalue weighted by molar-refractivity contribution is 5.74. The molecule has 3 rings (SSSR count). The van der Waals surface area contributed by atoms with E-state index in [2.05, 4.69) is 6.58 Å². The number of aliphatic carboxylic acids is 1. The maximum absolute atomic E-state index is 11.6. The number of fused-ring (bicyclic) bond motifs is 3. The number of ether oxygens (including phenoxy) is 5. The zero-order chi connectivity index (χ0) is 18.7. The Balaban J connectivity index is 1.91. The van der Waals surface area contributed by atoms with Gasteiger partial charge in [0.25, 0.3) is 0 Å². The monoisotopic (exact) mass is 358 g/mol. The Morgan fingerprint density at radius 2 is 1.52 bits per heavy atom. The minimum atomic E-state index is -1.37. The summed E-state index contributed by atoms with van der Waals surface area (Å²) in [6.07, 6.45) is -4.87. The standard InChI is InChI=1S/C17H26O8/c1-7(2)8(14(19)20)9(18)10-11-12(23-16(3,4)22-11)13-15(21-10)25-17(5,6)24-13/h8-13,15,18H,1H2,2-6H3,(H,19,20)/t8-,9+,10+,11-,12-,13+,15+/m0/s1. The van der Waals surface area contributed by atoms with Gasteiger partial charge < -0.3 is 33.9 Å². The van der Waals surface area contributed by atoms with Crippen LogP contribution < -0.4 is 0 Å². The van der Waals surface area contributed by atoms with Crippen LogP contribution in [0.15, 0.2) is 12.2 Å². The van der Waals surface area contributed by atoms with Gasteiger partial charge in [0.15, 0.2) is 17.9 Å². The molecule has 0 saturated carbocycles. The zero-order valence-electron chi connectivity index (χ0n) is 15.1. The maximum atomic E-state index is 11.6. The van der Waals surface area contributed by atoms with Gasteiger partial charge in [0.05, 0.1) is 6.10 Å². The number of rotatable bonds is 4. The quantitative estimate of drug-likeness (QED) is 0.718. The fraction of sp³-hybridized carbons (Fsp3) is 0.824. The molecule has 142 valence electrons. The fourth-order valence-electron chi connectivity index (χ4n) is 3.76. The van der Waals surface area contributed by atoms with Gasteiger partial charge in [-0.3, -0.25) is 4.79 Å². The largest absolute Gasteiger partial charge is 0.481 e. The van der Waals surface area contributed by atoms with Crippen molar-refractivity contribution in [2.45, 2.75) is 83.0 Å². The van der Waals surface area contributed by atoms with Crippen LogP contribution in [0.25, 0.3) is 0 Å². The first kappa shape index (κ1) is 18.8. The molecular formula is C17H26O8. The molecule has 0 amide bonds. The van der Waals surface area contributed by atoms with E-state index in [-0.39, 0.29) is 0 Å². The first-order chi connectivity index (χ1) is 11.4. The first-order valence-corrected chi connectivity index (χ1v) is 8.35. The molecule has 8 heteroatoms. The van der Waals surface area contributed by atoms with Gasteiger partial charge in [0.1, 0.15) is 30.3 Å². The van der Waals surface area contributed by atoms with Crippen molar-refractivity contribution in [3.63, 3.8) is 0 Å². The molecule has 0 aromatic heterocycles. The van der Waals surface area contributed by atoms with E-state index < -0.39 is 60.3 Å². The second-order valence-electron chi connectivity index (χ2n) is 7.79. The van der Waals surface area contributed by atoms with Gasteiger partial charge in [0, 0.05) is 0 Å². The van der Waals surface area contributed by atoms with Crippen LogP contribution in [0.5, 0.6) is 0 Å². The van der Waals surface area contributed by atoms with E-state index in [4.69, 9.17) is 23.7 Å². The summed E-state index contributed by atoms with van der Waals surface area (Å²) >= 11 is 0. The summed E-state index contributed by atoms with van der Waals surface area (Å²) in [5.74, 6) is -4.16. The smallest absolute Gasteiger partial charge is 0.313 e. The highest BCUT2D eigenvalue weighted by Gasteiger charge is 2.62. The molecule has 3 saturated heterocycles. The van der Waals surface area contributed by atoms with E-state index in [1.54, 1.807) is 34.6 Å². The number of aliphatic hydroxyl groups is 1. The van der Waals surface area contributed by atoms with Crippen molar-refractivity contribution >= 4 is 5.97 Å². The molecule has 0 unspecified atom stereocenters. The Morgan fingerprint density at radius 3 is 2.08 bits per heavy atom. The molecule has 0 aromatic rings. The summed E-state index contributed by atoms with van der Waals surface area (Å²) in [6, 6.07) is 0. The summed E-state index contributed by atoms with van der Waals surface area (Å²) in [5.41, 5.74) is 0.323. The van der Waals surface area contributed by atoms with Gasteiger partial charge in [-0.15, -0.1) is 0 Å². The molecule has 25 heavy (non-hydrogen) atoms. The zero-order valence-corrected chi connectivity index (χ0v) is 15.1. The lowest BCUT2D eigenvalue weighted by Crippen LogP contribution is -2.60. The van der Waals surface area contributed by atoms with Gasteiger partial charge in [-0.05, 0) is 34.6 Å². The molecule has 0 aromatic carbocycles. The third-order valence-electron chi connectivity index (χ3n) is 4.67. The van der Waals surface area contributed by atoms with E-state index >= 15 is 0 Å². The van der Waals surface area contributed by atoms with Crippen LogP contribution in [0, 0.1) is 5.92 Å². The number of hydrogen-bond donors (Lipinski definition) is 2. The molecule has 0 spiro atoms. The summed E-state index contributed by atoms with van der Waals surface area (Å²) in [5, 5.41) is 20.2. The summed E-state index contributed by atoms with van der Waals surface area (Å²) in [4.78, 5) is 11.6. The first-order valence-electron chi connectivity index (χ1n) is 8.35. The normalized spacial score (nSPS) is 40.8. The Hall–Kier alpha value is -1.03. The number of aliphatic hydroxyl groups excluding tert-OH is 1. The predicted octanol–water partition coefficient (Wildman–Crippen LogP) is 1.02. The minimum Gasteiger partial charge on any atom is -0.481 e.